The lowest BCUT2D eigenvalue weighted by molar-refractivity contribution is 0.102. The van der Waals surface area contributed by atoms with Crippen LogP contribution in [0.3, 0.4) is 0 Å². The van der Waals surface area contributed by atoms with Gasteiger partial charge in [-0.15, -0.1) is 0 Å². The monoisotopic (exact) mass is 314 g/mol. The lowest BCUT2D eigenvalue weighted by Gasteiger charge is -2.30. The summed E-state index contributed by atoms with van der Waals surface area (Å²) in [7, 11) is 0.0871. The van der Waals surface area contributed by atoms with E-state index in [1.165, 1.54) is 10.4 Å². The largest absolute Gasteiger partial charge is 0.383 e. The van der Waals surface area contributed by atoms with Gasteiger partial charge in [0.2, 0.25) is 10.0 Å². The highest BCUT2D eigenvalue weighted by atomic mass is 35.5. The Morgan fingerprint density at radius 2 is 2.00 bits per heavy atom. The molecule has 0 saturated heterocycles. The Hall–Kier alpha value is -1.53. The zero-order valence-corrected chi connectivity index (χ0v) is 13.0. The maximum Gasteiger partial charge on any atom is 0.232 e. The summed E-state index contributed by atoms with van der Waals surface area (Å²) in [5, 5.41) is 0.400. The van der Waals surface area contributed by atoms with Crippen molar-refractivity contribution in [2.24, 2.45) is 0 Å². The molecule has 1 heterocycles. The molecule has 0 bridgehead atoms. The number of halogens is 1. The molecule has 0 aliphatic carbocycles. The number of carbonyl (C=O) groups excluding carboxylic acids is 1. The van der Waals surface area contributed by atoms with Crippen LogP contribution in [0, 0.1) is 0 Å². The van der Waals surface area contributed by atoms with Crippen molar-refractivity contribution in [2.75, 3.05) is 31.2 Å². The van der Waals surface area contributed by atoms with Gasteiger partial charge in [0.1, 0.15) is 0 Å². The maximum absolute atomic E-state index is 12.4. The first-order chi connectivity index (χ1) is 9.20. The number of hydrogen-bond acceptors (Lipinski definition) is 4. The third kappa shape index (κ3) is 2.81. The van der Waals surface area contributed by atoms with Crippen LogP contribution in [0.5, 0.6) is 0 Å². The minimum absolute atomic E-state index is 0.0322. The zero-order valence-electron chi connectivity index (χ0n) is 11.4. The summed E-state index contributed by atoms with van der Waals surface area (Å²) >= 11 is 5.91. The fourth-order valence-corrected chi connectivity index (χ4v) is 3.16. The normalized spacial score (nSPS) is 17.3. The second kappa shape index (κ2) is 5.10. The molecule has 7 heteroatoms. The lowest BCUT2D eigenvalue weighted by atomic mass is 9.98. The standard InChI is InChI=1S/C13H15ClN2O3S/c1-15(2)7-9-8-16(20(3,18)19)12-5-4-10(14)6-11(12)13(9)17/h4-7H,8H2,1-3H3. The molecule has 0 atom stereocenters. The van der Waals surface area contributed by atoms with Crippen LogP contribution in [0.25, 0.3) is 0 Å². The molecule has 0 fully saturated rings. The highest BCUT2D eigenvalue weighted by Gasteiger charge is 2.32. The predicted octanol–water partition coefficient (Wildman–Crippen LogP) is 1.75. The third-order valence-corrected chi connectivity index (χ3v) is 4.25. The van der Waals surface area contributed by atoms with Crippen LogP contribution >= 0.6 is 11.6 Å². The van der Waals surface area contributed by atoms with Crippen molar-refractivity contribution in [2.45, 2.75) is 0 Å². The van der Waals surface area contributed by atoms with Gasteiger partial charge in [0, 0.05) is 36.5 Å². The first-order valence-electron chi connectivity index (χ1n) is 5.89. The molecule has 1 aliphatic heterocycles. The van der Waals surface area contributed by atoms with E-state index in [2.05, 4.69) is 0 Å². The molecule has 1 aromatic carbocycles. The Balaban J connectivity index is 2.66. The average Bonchev–Trinajstić information content (AvgIpc) is 2.31. The Morgan fingerprint density at radius 3 is 2.55 bits per heavy atom. The van der Waals surface area contributed by atoms with Crippen LogP contribution in [0.1, 0.15) is 10.4 Å². The number of fused-ring (bicyclic) bond motifs is 1. The Kier molecular flexibility index (Phi) is 3.80. The molecular weight excluding hydrogens is 300 g/mol. The van der Waals surface area contributed by atoms with Crippen molar-refractivity contribution >= 4 is 33.1 Å². The minimum atomic E-state index is -3.47. The number of nitrogens with zero attached hydrogens (tertiary/aromatic N) is 2. The van der Waals surface area contributed by atoms with Crippen molar-refractivity contribution in [1.82, 2.24) is 4.90 Å². The summed E-state index contributed by atoms with van der Waals surface area (Å²) in [5.41, 5.74) is 1.09. The molecule has 108 valence electrons. The summed E-state index contributed by atoms with van der Waals surface area (Å²) in [4.78, 5) is 14.1. The van der Waals surface area contributed by atoms with Gasteiger partial charge >= 0.3 is 0 Å². The first-order valence-corrected chi connectivity index (χ1v) is 8.12. The average molecular weight is 315 g/mol. The number of ketones is 1. The molecule has 0 aromatic heterocycles. The van der Waals surface area contributed by atoms with Crippen molar-refractivity contribution in [3.8, 4) is 0 Å². The van der Waals surface area contributed by atoms with Crippen LogP contribution in [0.15, 0.2) is 30.0 Å². The number of anilines is 1. The molecule has 0 amide bonds. The molecule has 1 aromatic rings. The van der Waals surface area contributed by atoms with E-state index in [0.717, 1.165) is 6.26 Å². The van der Waals surface area contributed by atoms with Crippen LogP contribution in [-0.2, 0) is 10.0 Å². The van der Waals surface area contributed by atoms with Crippen molar-refractivity contribution in [3.05, 3.63) is 40.6 Å². The van der Waals surface area contributed by atoms with Gasteiger partial charge in [0.25, 0.3) is 0 Å². The number of rotatable bonds is 2. The second-order valence-corrected chi connectivity index (χ2v) is 7.22. The summed E-state index contributed by atoms with van der Waals surface area (Å²) in [5.74, 6) is -0.198. The van der Waals surface area contributed by atoms with E-state index < -0.39 is 10.0 Å². The smallest absolute Gasteiger partial charge is 0.232 e. The van der Waals surface area contributed by atoms with Crippen LogP contribution < -0.4 is 4.31 Å². The van der Waals surface area contributed by atoms with E-state index in [1.807, 2.05) is 0 Å². The number of hydrogen-bond donors (Lipinski definition) is 0. The lowest BCUT2D eigenvalue weighted by Crippen LogP contribution is -2.38. The Morgan fingerprint density at radius 1 is 1.35 bits per heavy atom. The maximum atomic E-state index is 12.4. The van der Waals surface area contributed by atoms with Gasteiger partial charge in [-0.25, -0.2) is 8.42 Å². The number of carbonyl (C=O) groups is 1. The summed E-state index contributed by atoms with van der Waals surface area (Å²) in [6.45, 7) is 0.0322. The Bertz CT molecular complexity index is 696. The molecule has 2 rings (SSSR count). The minimum Gasteiger partial charge on any atom is -0.383 e. The van der Waals surface area contributed by atoms with Crippen molar-refractivity contribution < 1.29 is 13.2 Å². The second-order valence-electron chi connectivity index (χ2n) is 4.88. The molecule has 20 heavy (non-hydrogen) atoms. The fraction of sp³-hybridized carbons (Fsp3) is 0.308. The van der Waals surface area contributed by atoms with E-state index in [1.54, 1.807) is 37.3 Å². The van der Waals surface area contributed by atoms with Gasteiger partial charge in [-0.3, -0.25) is 9.10 Å². The predicted molar refractivity (Wildman–Crippen MR) is 79.7 cm³/mol. The van der Waals surface area contributed by atoms with E-state index >= 15 is 0 Å². The molecule has 0 N–H and O–H groups in total. The van der Waals surface area contributed by atoms with Gasteiger partial charge in [0.15, 0.2) is 5.78 Å². The summed E-state index contributed by atoms with van der Waals surface area (Å²) < 4.78 is 25.0. The van der Waals surface area contributed by atoms with Gasteiger partial charge in [-0.05, 0) is 18.2 Å². The van der Waals surface area contributed by atoms with Crippen molar-refractivity contribution in [1.29, 1.82) is 0 Å². The third-order valence-electron chi connectivity index (χ3n) is 2.89. The zero-order chi connectivity index (χ0) is 15.1. The van der Waals surface area contributed by atoms with Gasteiger partial charge in [-0.2, -0.15) is 0 Å². The summed E-state index contributed by atoms with van der Waals surface area (Å²) in [6.07, 6.45) is 2.75. The molecule has 5 nitrogen and oxygen atoms in total. The van der Waals surface area contributed by atoms with Gasteiger partial charge in [-0.1, -0.05) is 11.6 Å². The van der Waals surface area contributed by atoms with Gasteiger partial charge in [0.05, 0.1) is 18.5 Å². The van der Waals surface area contributed by atoms with E-state index in [-0.39, 0.29) is 12.3 Å². The van der Waals surface area contributed by atoms with E-state index in [0.29, 0.717) is 21.8 Å². The fourth-order valence-electron chi connectivity index (χ4n) is 2.10. The molecule has 0 unspecified atom stereocenters. The SMILES string of the molecule is CN(C)C=C1CN(S(C)(=O)=O)c2ccc(Cl)cc2C1=O. The van der Waals surface area contributed by atoms with Crippen molar-refractivity contribution in [3.63, 3.8) is 0 Å². The molecular formula is C13H15ClN2O3S. The molecule has 0 saturated carbocycles. The van der Waals surface area contributed by atoms with Crippen LogP contribution in [0.2, 0.25) is 5.02 Å². The topological polar surface area (TPSA) is 57.7 Å². The van der Waals surface area contributed by atoms with E-state index in [9.17, 15) is 13.2 Å². The van der Waals surface area contributed by atoms with Crippen LogP contribution in [0.4, 0.5) is 5.69 Å². The van der Waals surface area contributed by atoms with Crippen LogP contribution in [-0.4, -0.2) is 46.0 Å². The highest BCUT2D eigenvalue weighted by Crippen LogP contribution is 2.33. The molecule has 1 aliphatic rings. The van der Waals surface area contributed by atoms with E-state index in [4.69, 9.17) is 11.6 Å². The quantitative estimate of drug-likeness (QED) is 0.780. The number of sulfonamides is 1. The molecule has 0 radical (unpaired) electrons. The number of Topliss-reactive ketones (excluding diaryl/α,β-unsaturated/α-hetero) is 1. The van der Waals surface area contributed by atoms with Gasteiger partial charge < -0.3 is 4.90 Å². The Labute approximate surface area is 123 Å². The highest BCUT2D eigenvalue weighted by molar-refractivity contribution is 7.92. The number of benzene rings is 1. The summed E-state index contributed by atoms with van der Waals surface area (Å²) in [6, 6.07) is 4.63. The molecule has 0 spiro atoms. The first kappa shape index (κ1) is 14.9.